The first-order valence-corrected chi connectivity index (χ1v) is 7.39. The summed E-state index contributed by atoms with van der Waals surface area (Å²) in [4.78, 5) is 22.8. The van der Waals surface area contributed by atoms with E-state index in [-0.39, 0.29) is 11.3 Å². The van der Waals surface area contributed by atoms with Crippen LogP contribution in [0.4, 0.5) is 0 Å². The summed E-state index contributed by atoms with van der Waals surface area (Å²) in [5.74, 6) is -1.09. The second-order valence-electron chi connectivity index (χ2n) is 4.50. The molecule has 3 unspecified atom stereocenters. The van der Waals surface area contributed by atoms with Gasteiger partial charge in [-0.05, 0) is 13.8 Å². The molecule has 2 aliphatic heterocycles. The van der Waals surface area contributed by atoms with Crippen LogP contribution in [0.5, 0.6) is 0 Å². The van der Waals surface area contributed by atoms with Crippen molar-refractivity contribution in [3.63, 3.8) is 0 Å². The molecule has 6 nitrogen and oxygen atoms in total. The average molecular weight is 266 g/mol. The molecule has 0 aromatic carbocycles. The lowest BCUT2D eigenvalue weighted by Crippen LogP contribution is -2.67. The minimum atomic E-state index is -3.82. The molecule has 2 aliphatic rings. The Kier molecular flexibility index (Phi) is 2.68. The lowest BCUT2D eigenvalue weighted by molar-refractivity contribution is -0.145. The first-order valence-electron chi connectivity index (χ1n) is 4.86. The second-order valence-corrected chi connectivity index (χ2v) is 8.26. The van der Waals surface area contributed by atoms with E-state index < -0.39 is 24.2 Å². The molecule has 2 heterocycles. The topological polar surface area (TPSA) is 92.9 Å². The first kappa shape index (κ1) is 12.4. The van der Waals surface area contributed by atoms with Gasteiger partial charge in [-0.25, -0.2) is 0 Å². The van der Waals surface area contributed by atoms with Crippen LogP contribution >= 0.6 is 19.4 Å². The molecule has 0 aromatic rings. The van der Waals surface area contributed by atoms with E-state index in [2.05, 4.69) is 4.52 Å². The highest BCUT2D eigenvalue weighted by Gasteiger charge is 2.65. The number of rotatable bonds is 2. The summed E-state index contributed by atoms with van der Waals surface area (Å²) in [5, 5.41) is -0.205. The maximum atomic E-state index is 11.9. The number of carbonyl (C=O) groups excluding carboxylic acids is 1. The molecule has 2 rings (SSSR count). The molecule has 0 radical (unpaired) electrons. The van der Waals surface area contributed by atoms with E-state index >= 15 is 0 Å². The molecule has 0 aliphatic carbocycles. The fourth-order valence-electron chi connectivity index (χ4n) is 2.26. The van der Waals surface area contributed by atoms with Crippen LogP contribution in [0.1, 0.15) is 13.8 Å². The van der Waals surface area contributed by atoms with Crippen LogP contribution in [0.3, 0.4) is 0 Å². The number of carbonyl (C=O) groups is 1. The van der Waals surface area contributed by atoms with Crippen molar-refractivity contribution in [2.75, 3.05) is 7.11 Å². The molecule has 92 valence electrons. The number of hydrogen-bond donors (Lipinski definition) is 2. The lowest BCUT2D eigenvalue weighted by atomic mass is 10.1. The quantitative estimate of drug-likeness (QED) is 0.546. The normalized spacial score (nSPS) is 40.2. The molecule has 4 atom stereocenters. The van der Waals surface area contributed by atoms with Gasteiger partial charge in [0.2, 0.25) is 5.91 Å². The molecule has 2 saturated heterocycles. The minimum Gasteiger partial charge on any atom is -0.323 e. The average Bonchev–Trinajstić information content (AvgIpc) is 2.47. The Bertz CT molecular complexity index is 388. The highest BCUT2D eigenvalue weighted by molar-refractivity contribution is 8.02. The number of amides is 1. The van der Waals surface area contributed by atoms with Crippen molar-refractivity contribution >= 4 is 25.3 Å². The highest BCUT2D eigenvalue weighted by Crippen LogP contribution is 2.63. The summed E-state index contributed by atoms with van der Waals surface area (Å²) in [7, 11) is -2.64. The molecule has 0 spiro atoms. The molecule has 0 aromatic heterocycles. The number of hydrogen-bond acceptors (Lipinski definition) is 5. The summed E-state index contributed by atoms with van der Waals surface area (Å²) >= 11 is 1.45. The standard InChI is InChI=1S/C8H15N2O4PS/c1-8(2)7(15(12,13)14-3)10-5(11)4(9)6(10)16-8/h4,6-7H,9H2,1-3H3,(H,12,13)/t4?,6-,7?/m1/s1. The number of fused-ring (bicyclic) bond motifs is 1. The maximum Gasteiger partial charge on any atom is 0.351 e. The van der Waals surface area contributed by atoms with Gasteiger partial charge in [0.25, 0.3) is 0 Å². The van der Waals surface area contributed by atoms with Crippen LogP contribution in [-0.4, -0.2) is 44.8 Å². The van der Waals surface area contributed by atoms with E-state index in [0.717, 1.165) is 0 Å². The Morgan fingerprint density at radius 1 is 1.62 bits per heavy atom. The van der Waals surface area contributed by atoms with Crippen LogP contribution in [-0.2, 0) is 13.9 Å². The Labute approximate surface area is 98.0 Å². The molecule has 16 heavy (non-hydrogen) atoms. The minimum absolute atomic E-state index is 0.205. The molecule has 1 amide bonds. The van der Waals surface area contributed by atoms with Crippen LogP contribution in [0, 0.1) is 0 Å². The van der Waals surface area contributed by atoms with E-state index in [1.165, 1.54) is 23.8 Å². The van der Waals surface area contributed by atoms with Gasteiger partial charge in [-0.15, -0.1) is 11.8 Å². The molecular formula is C8H15N2O4PS. The van der Waals surface area contributed by atoms with Crippen molar-refractivity contribution in [3.8, 4) is 0 Å². The van der Waals surface area contributed by atoms with Gasteiger partial charge in [-0.2, -0.15) is 0 Å². The van der Waals surface area contributed by atoms with Crippen molar-refractivity contribution in [3.05, 3.63) is 0 Å². The van der Waals surface area contributed by atoms with E-state index in [1.54, 1.807) is 0 Å². The van der Waals surface area contributed by atoms with E-state index in [1.807, 2.05) is 13.8 Å². The number of thioether (sulfide) groups is 1. The second kappa shape index (κ2) is 3.46. The van der Waals surface area contributed by atoms with Crippen molar-refractivity contribution < 1.29 is 18.8 Å². The summed E-state index contributed by atoms with van der Waals surface area (Å²) in [6.07, 6.45) is 0. The van der Waals surface area contributed by atoms with Gasteiger partial charge in [0.15, 0.2) is 0 Å². The van der Waals surface area contributed by atoms with Gasteiger partial charge in [0, 0.05) is 11.9 Å². The number of nitrogens with two attached hydrogens (primary N) is 1. The zero-order valence-electron chi connectivity index (χ0n) is 9.28. The fourth-order valence-corrected chi connectivity index (χ4v) is 5.95. The molecule has 0 saturated carbocycles. The van der Waals surface area contributed by atoms with Crippen LogP contribution in [0.15, 0.2) is 0 Å². The zero-order valence-corrected chi connectivity index (χ0v) is 11.0. The van der Waals surface area contributed by atoms with Gasteiger partial charge in [-0.1, -0.05) is 0 Å². The Balaban J connectivity index is 2.37. The largest absolute Gasteiger partial charge is 0.351 e. The third kappa shape index (κ3) is 1.46. The summed E-state index contributed by atoms with van der Waals surface area (Å²) in [5.41, 5.74) is 5.65. The maximum absolute atomic E-state index is 11.9. The number of nitrogens with zero attached hydrogens (tertiary/aromatic N) is 1. The van der Waals surface area contributed by atoms with Gasteiger partial charge >= 0.3 is 7.60 Å². The van der Waals surface area contributed by atoms with Crippen LogP contribution in [0.2, 0.25) is 0 Å². The molecule has 8 heteroatoms. The first-order chi connectivity index (χ1) is 7.22. The predicted molar refractivity (Wildman–Crippen MR) is 60.9 cm³/mol. The Morgan fingerprint density at radius 2 is 2.19 bits per heavy atom. The zero-order chi connectivity index (χ0) is 12.3. The van der Waals surface area contributed by atoms with Crippen molar-refractivity contribution in [2.24, 2.45) is 5.73 Å². The summed E-state index contributed by atoms with van der Waals surface area (Å²) in [6, 6.07) is -0.564. The fraction of sp³-hybridized carbons (Fsp3) is 0.875. The van der Waals surface area contributed by atoms with Crippen LogP contribution in [0.25, 0.3) is 0 Å². The predicted octanol–water partition coefficient (Wildman–Crippen LogP) is 0.165. The van der Waals surface area contributed by atoms with E-state index in [9.17, 15) is 14.3 Å². The Morgan fingerprint density at radius 3 is 2.69 bits per heavy atom. The van der Waals surface area contributed by atoms with Gasteiger partial charge in [-0.3, -0.25) is 9.36 Å². The third-order valence-electron chi connectivity index (χ3n) is 3.00. The van der Waals surface area contributed by atoms with Gasteiger partial charge in [0.1, 0.15) is 17.2 Å². The van der Waals surface area contributed by atoms with Crippen molar-refractivity contribution in [2.45, 2.75) is 35.8 Å². The van der Waals surface area contributed by atoms with Crippen LogP contribution < -0.4 is 5.73 Å². The van der Waals surface area contributed by atoms with Crippen molar-refractivity contribution in [1.29, 1.82) is 0 Å². The lowest BCUT2D eigenvalue weighted by Gasteiger charge is -2.43. The molecule has 0 bridgehead atoms. The number of β-lactam (4-membered cyclic amide) rings is 1. The van der Waals surface area contributed by atoms with Gasteiger partial charge in [0.05, 0.1) is 0 Å². The molecule has 2 fully saturated rings. The van der Waals surface area contributed by atoms with Crippen molar-refractivity contribution in [1.82, 2.24) is 4.90 Å². The van der Waals surface area contributed by atoms with E-state index in [4.69, 9.17) is 5.73 Å². The Hall–Kier alpha value is -0.0700. The summed E-state index contributed by atoms with van der Waals surface area (Å²) < 4.78 is 16.1. The van der Waals surface area contributed by atoms with E-state index in [0.29, 0.717) is 0 Å². The highest BCUT2D eigenvalue weighted by atomic mass is 32.2. The third-order valence-corrected chi connectivity index (χ3v) is 6.80. The van der Waals surface area contributed by atoms with Gasteiger partial charge < -0.3 is 20.1 Å². The molecular weight excluding hydrogens is 251 g/mol. The monoisotopic (exact) mass is 266 g/mol. The summed E-state index contributed by atoms with van der Waals surface area (Å²) in [6.45, 7) is 3.64. The smallest absolute Gasteiger partial charge is 0.323 e. The SMILES string of the molecule is COP(=O)(O)C1N2C(=O)C(N)[C@H]2SC1(C)C. The molecule has 3 N–H and O–H groups in total.